The van der Waals surface area contributed by atoms with E-state index in [9.17, 15) is 18.4 Å². The Morgan fingerprint density at radius 2 is 1.84 bits per heavy atom. The summed E-state index contributed by atoms with van der Waals surface area (Å²) in [6.07, 6.45) is 1.74. The van der Waals surface area contributed by atoms with Crippen LogP contribution in [0.25, 0.3) is 6.08 Å². The van der Waals surface area contributed by atoms with Crippen molar-refractivity contribution in [3.63, 3.8) is 0 Å². The number of carbonyl (C=O) groups excluding carboxylic acids is 1. The van der Waals surface area contributed by atoms with Crippen molar-refractivity contribution in [3.05, 3.63) is 143 Å². The number of ether oxygens (including phenoxy) is 2. The molecule has 1 amide bonds. The first-order valence-electron chi connectivity index (χ1n) is 13.5. The van der Waals surface area contributed by atoms with Crippen molar-refractivity contribution in [1.82, 2.24) is 4.57 Å². The fraction of sp³-hybridized carbons (Fsp3) is 0.121. The van der Waals surface area contributed by atoms with Crippen molar-refractivity contribution in [3.8, 4) is 11.5 Å². The first-order valence-corrected chi connectivity index (χ1v) is 15.2. The van der Waals surface area contributed by atoms with Crippen LogP contribution in [0.1, 0.15) is 29.0 Å². The summed E-state index contributed by atoms with van der Waals surface area (Å²) in [6.45, 7) is 1.73. The van der Waals surface area contributed by atoms with Crippen LogP contribution in [-0.4, -0.2) is 17.6 Å². The van der Waals surface area contributed by atoms with Crippen LogP contribution in [0.4, 0.5) is 14.5 Å². The number of halogens is 2. The minimum absolute atomic E-state index is 0.0495. The highest BCUT2D eigenvalue weighted by atomic mass is 32.1. The largest absolute Gasteiger partial charge is 0.496 e. The standard InChI is InChI=1S/C33H25F2N3O4S2/c1-19-29(31(39)37-23-7-4-3-5-8-23)30(27-9-6-14-43-27)38-32(40)28(44-33(38)36-19)16-20-10-12-25(41-2)21(15-20)18-42-26-13-11-22(34)17-24(26)35/h3-17,30H,18H2,1-2H3,(H,37,39). The molecule has 0 aliphatic carbocycles. The maximum atomic E-state index is 14.1. The molecule has 0 bridgehead atoms. The van der Waals surface area contributed by atoms with Crippen LogP contribution in [0.5, 0.6) is 11.5 Å². The zero-order valence-corrected chi connectivity index (χ0v) is 25.2. The number of thiophene rings is 1. The Morgan fingerprint density at radius 1 is 1.05 bits per heavy atom. The number of allylic oxidation sites excluding steroid dienone is 1. The predicted octanol–water partition coefficient (Wildman–Crippen LogP) is 5.80. The molecule has 5 aromatic rings. The van der Waals surface area contributed by atoms with Gasteiger partial charge in [0.1, 0.15) is 24.2 Å². The molecule has 0 radical (unpaired) electrons. The molecule has 0 fully saturated rings. The van der Waals surface area contributed by atoms with E-state index < -0.39 is 17.7 Å². The number of anilines is 1. The molecule has 1 aliphatic rings. The Bertz CT molecular complexity index is 2070. The van der Waals surface area contributed by atoms with Gasteiger partial charge >= 0.3 is 0 Å². The molecule has 6 rings (SSSR count). The van der Waals surface area contributed by atoms with Crippen LogP contribution < -0.4 is 29.7 Å². The number of fused-ring (bicyclic) bond motifs is 1. The number of amides is 1. The molecular formula is C33H25F2N3O4S2. The van der Waals surface area contributed by atoms with E-state index in [0.29, 0.717) is 43.2 Å². The number of hydrogen-bond acceptors (Lipinski definition) is 7. The first-order chi connectivity index (χ1) is 21.3. The van der Waals surface area contributed by atoms with Gasteiger partial charge < -0.3 is 14.8 Å². The normalized spacial score (nSPS) is 14.6. The quantitative estimate of drug-likeness (QED) is 0.235. The van der Waals surface area contributed by atoms with E-state index in [4.69, 9.17) is 9.47 Å². The van der Waals surface area contributed by atoms with Gasteiger partial charge in [0.2, 0.25) is 0 Å². The topological polar surface area (TPSA) is 81.9 Å². The number of carbonyl (C=O) groups is 1. The molecule has 1 unspecified atom stereocenters. The Kier molecular flexibility index (Phi) is 8.23. The van der Waals surface area contributed by atoms with Crippen LogP contribution in [0.3, 0.4) is 0 Å². The van der Waals surface area contributed by atoms with Gasteiger partial charge in [0.05, 0.1) is 22.9 Å². The van der Waals surface area contributed by atoms with E-state index in [2.05, 4.69) is 10.3 Å². The molecule has 1 atom stereocenters. The van der Waals surface area contributed by atoms with Gasteiger partial charge in [-0.15, -0.1) is 11.3 Å². The molecule has 0 saturated heterocycles. The van der Waals surface area contributed by atoms with E-state index in [1.807, 2.05) is 35.7 Å². The molecule has 7 nitrogen and oxygen atoms in total. The second-order valence-electron chi connectivity index (χ2n) is 9.85. The maximum absolute atomic E-state index is 14.1. The average Bonchev–Trinajstić information content (AvgIpc) is 3.65. The van der Waals surface area contributed by atoms with E-state index in [0.717, 1.165) is 17.0 Å². The molecular weight excluding hydrogens is 605 g/mol. The molecule has 1 aliphatic heterocycles. The molecule has 0 saturated carbocycles. The SMILES string of the molecule is COc1ccc(C=c2sc3n(c2=O)C(c2cccs2)C(C(=O)Nc2ccccc2)=C(C)N=3)cc1COc1ccc(F)cc1F. The molecule has 2 aromatic heterocycles. The van der Waals surface area contributed by atoms with E-state index in [1.54, 1.807) is 47.9 Å². The Hall–Kier alpha value is -4.87. The predicted molar refractivity (Wildman–Crippen MR) is 167 cm³/mol. The van der Waals surface area contributed by atoms with Crippen LogP contribution in [0.2, 0.25) is 0 Å². The fourth-order valence-electron chi connectivity index (χ4n) is 4.95. The third kappa shape index (κ3) is 5.84. The van der Waals surface area contributed by atoms with E-state index >= 15 is 0 Å². The summed E-state index contributed by atoms with van der Waals surface area (Å²) in [5.74, 6) is -1.43. The number of rotatable bonds is 8. The number of hydrogen-bond donors (Lipinski definition) is 1. The third-order valence-electron chi connectivity index (χ3n) is 6.99. The van der Waals surface area contributed by atoms with E-state index in [1.165, 1.54) is 35.8 Å². The lowest BCUT2D eigenvalue weighted by molar-refractivity contribution is -0.113. The van der Waals surface area contributed by atoms with E-state index in [-0.39, 0.29) is 23.8 Å². The van der Waals surface area contributed by atoms with Crippen molar-refractivity contribution in [2.45, 2.75) is 19.6 Å². The Morgan fingerprint density at radius 3 is 2.57 bits per heavy atom. The highest BCUT2D eigenvalue weighted by Gasteiger charge is 2.33. The summed E-state index contributed by atoms with van der Waals surface area (Å²) in [4.78, 5) is 33.5. The minimum Gasteiger partial charge on any atom is -0.496 e. The van der Waals surface area contributed by atoms with Gasteiger partial charge in [-0.05, 0) is 66.4 Å². The van der Waals surface area contributed by atoms with Gasteiger partial charge in [-0.2, -0.15) is 0 Å². The average molecular weight is 630 g/mol. The Balaban J connectivity index is 1.37. The zero-order chi connectivity index (χ0) is 30.8. The lowest BCUT2D eigenvalue weighted by Crippen LogP contribution is -2.40. The number of para-hydroxylation sites is 1. The van der Waals surface area contributed by atoms with Crippen molar-refractivity contribution < 1.29 is 23.0 Å². The smallest absolute Gasteiger partial charge is 0.271 e. The summed E-state index contributed by atoms with van der Waals surface area (Å²) in [7, 11) is 1.51. The number of benzene rings is 3. The van der Waals surface area contributed by atoms with Gasteiger partial charge in [0.15, 0.2) is 16.4 Å². The number of thiazole rings is 1. The van der Waals surface area contributed by atoms with Crippen LogP contribution in [-0.2, 0) is 11.4 Å². The monoisotopic (exact) mass is 629 g/mol. The third-order valence-corrected chi connectivity index (χ3v) is 8.90. The number of aromatic nitrogens is 1. The highest BCUT2D eigenvalue weighted by molar-refractivity contribution is 7.10. The van der Waals surface area contributed by atoms with Gasteiger partial charge in [0.25, 0.3) is 11.5 Å². The lowest BCUT2D eigenvalue weighted by Gasteiger charge is -2.24. The second-order valence-corrected chi connectivity index (χ2v) is 11.8. The molecule has 222 valence electrons. The van der Waals surface area contributed by atoms with Gasteiger partial charge in [-0.25, -0.2) is 13.8 Å². The van der Waals surface area contributed by atoms with Gasteiger partial charge in [-0.3, -0.25) is 14.2 Å². The molecule has 44 heavy (non-hydrogen) atoms. The lowest BCUT2D eigenvalue weighted by atomic mass is 10.0. The second kappa shape index (κ2) is 12.4. The van der Waals surface area contributed by atoms with Crippen molar-refractivity contribution >= 4 is 40.3 Å². The summed E-state index contributed by atoms with van der Waals surface area (Å²) >= 11 is 2.69. The number of nitrogens with one attached hydrogen (secondary N) is 1. The molecule has 0 spiro atoms. The molecule has 11 heteroatoms. The minimum atomic E-state index is -0.811. The van der Waals surface area contributed by atoms with Crippen molar-refractivity contribution in [2.75, 3.05) is 12.4 Å². The fourth-order valence-corrected chi connectivity index (χ4v) is 6.82. The molecule has 1 N–H and O–H groups in total. The van der Waals surface area contributed by atoms with Crippen LogP contribution in [0, 0.1) is 11.6 Å². The summed E-state index contributed by atoms with van der Waals surface area (Å²) < 4.78 is 40.5. The van der Waals surface area contributed by atoms with Gasteiger partial charge in [0, 0.05) is 22.2 Å². The summed E-state index contributed by atoms with van der Waals surface area (Å²) in [5.41, 5.74) is 2.56. The highest BCUT2D eigenvalue weighted by Crippen LogP contribution is 2.33. The van der Waals surface area contributed by atoms with Crippen molar-refractivity contribution in [2.24, 2.45) is 4.99 Å². The Labute approximate surface area is 258 Å². The summed E-state index contributed by atoms with van der Waals surface area (Å²) in [6, 6.07) is 20.7. The van der Waals surface area contributed by atoms with Crippen molar-refractivity contribution in [1.29, 1.82) is 0 Å². The van der Waals surface area contributed by atoms with Gasteiger partial charge in [-0.1, -0.05) is 41.7 Å². The molecule has 3 heterocycles. The number of methoxy groups -OCH3 is 1. The molecule has 3 aromatic carbocycles. The van der Waals surface area contributed by atoms with Crippen LogP contribution in [0.15, 0.2) is 105 Å². The summed E-state index contributed by atoms with van der Waals surface area (Å²) in [5, 5.41) is 4.85. The van der Waals surface area contributed by atoms with Crippen LogP contribution >= 0.6 is 22.7 Å². The zero-order valence-electron chi connectivity index (χ0n) is 23.5. The number of nitrogens with zero attached hydrogens (tertiary/aromatic N) is 2. The first kappa shape index (κ1) is 29.2. The maximum Gasteiger partial charge on any atom is 0.271 e.